The Labute approximate surface area is 189 Å². The Hall–Kier alpha value is -3.20. The molecule has 8 nitrogen and oxygen atoms in total. The molecule has 0 spiro atoms. The minimum absolute atomic E-state index is 0.174. The summed E-state index contributed by atoms with van der Waals surface area (Å²) in [6, 6.07) is 7.72. The first kappa shape index (κ1) is 20.7. The molecular weight excluding hydrogens is 430 g/mol. The number of likely N-dealkylation sites (tertiary alicyclic amines) is 1. The van der Waals surface area contributed by atoms with Gasteiger partial charge in [-0.15, -0.1) is 0 Å². The quantitative estimate of drug-likeness (QED) is 0.660. The van der Waals surface area contributed by atoms with Gasteiger partial charge in [0, 0.05) is 36.2 Å². The zero-order chi connectivity index (χ0) is 22.4. The molecule has 9 heteroatoms. The smallest absolute Gasteiger partial charge is 0.294 e. The Bertz CT molecular complexity index is 1160. The first-order valence-electron chi connectivity index (χ1n) is 10.5. The van der Waals surface area contributed by atoms with Crippen molar-refractivity contribution in [2.75, 3.05) is 26.4 Å². The zero-order valence-electron chi connectivity index (χ0n) is 17.9. The predicted molar refractivity (Wildman–Crippen MR) is 120 cm³/mol. The minimum Gasteiger partial charge on any atom is -0.454 e. The third kappa shape index (κ3) is 3.56. The lowest BCUT2D eigenvalue weighted by molar-refractivity contribution is -0.135. The van der Waals surface area contributed by atoms with E-state index in [2.05, 4.69) is 4.57 Å². The van der Waals surface area contributed by atoms with Gasteiger partial charge in [-0.2, -0.15) is 0 Å². The number of carbonyl (C=O) groups excluding carboxylic acids is 3. The number of aromatic nitrogens is 1. The Morgan fingerprint density at radius 1 is 1.09 bits per heavy atom. The molecule has 1 aromatic heterocycles. The van der Waals surface area contributed by atoms with Crippen LogP contribution >= 0.6 is 11.8 Å². The summed E-state index contributed by atoms with van der Waals surface area (Å²) in [5, 5.41) is -0.404. The summed E-state index contributed by atoms with van der Waals surface area (Å²) in [5.41, 5.74) is 3.68. The van der Waals surface area contributed by atoms with Gasteiger partial charge in [-0.3, -0.25) is 19.3 Å². The number of imide groups is 1. The van der Waals surface area contributed by atoms with Gasteiger partial charge >= 0.3 is 0 Å². The lowest BCUT2D eigenvalue weighted by atomic mass is 10.2. The molecule has 5 rings (SSSR count). The number of rotatable bonds is 4. The Balaban J connectivity index is 1.39. The van der Waals surface area contributed by atoms with E-state index in [1.54, 1.807) is 11.0 Å². The molecule has 3 amide bonds. The highest BCUT2D eigenvalue weighted by atomic mass is 32.2. The van der Waals surface area contributed by atoms with Crippen molar-refractivity contribution >= 4 is 34.9 Å². The normalized spacial score (nSPS) is 19.0. The maximum absolute atomic E-state index is 12.9. The Morgan fingerprint density at radius 3 is 2.62 bits per heavy atom. The molecule has 1 aromatic carbocycles. The predicted octanol–water partition coefficient (Wildman–Crippen LogP) is 3.48. The van der Waals surface area contributed by atoms with Crippen LogP contribution in [-0.2, 0) is 9.59 Å². The second-order valence-corrected chi connectivity index (χ2v) is 9.05. The van der Waals surface area contributed by atoms with E-state index in [0.29, 0.717) is 29.5 Å². The van der Waals surface area contributed by atoms with Crippen LogP contribution in [0.2, 0.25) is 0 Å². The second kappa shape index (κ2) is 8.05. The van der Waals surface area contributed by atoms with Gasteiger partial charge in [0.1, 0.15) is 6.54 Å². The van der Waals surface area contributed by atoms with Crippen molar-refractivity contribution in [1.82, 2.24) is 14.4 Å². The highest BCUT2D eigenvalue weighted by Crippen LogP contribution is 2.36. The summed E-state index contributed by atoms with van der Waals surface area (Å²) in [5.74, 6) is 0.821. The highest BCUT2D eigenvalue weighted by Gasteiger charge is 2.37. The molecule has 0 N–H and O–H groups in total. The van der Waals surface area contributed by atoms with E-state index in [-0.39, 0.29) is 19.2 Å². The summed E-state index contributed by atoms with van der Waals surface area (Å²) in [6.45, 7) is 5.34. The van der Waals surface area contributed by atoms with E-state index in [1.165, 1.54) is 0 Å². The second-order valence-electron chi connectivity index (χ2n) is 8.06. The molecular formula is C23H23N3O5S. The fraction of sp³-hybridized carbons (Fsp3) is 0.348. The average molecular weight is 454 g/mol. The number of benzene rings is 1. The summed E-state index contributed by atoms with van der Waals surface area (Å²) in [6.07, 6.45) is 3.66. The van der Waals surface area contributed by atoms with Crippen LogP contribution in [0.4, 0.5) is 4.79 Å². The molecule has 3 aliphatic rings. The summed E-state index contributed by atoms with van der Waals surface area (Å²) >= 11 is 0.879. The van der Waals surface area contributed by atoms with Crippen LogP contribution in [0.3, 0.4) is 0 Å². The minimum atomic E-state index is -0.416. The standard InChI is InChI=1S/C23H23N3O5S/c1-14-9-16(15(2)26(14)17-5-6-18-19(11-17)31-13-30-18)10-20-22(28)25(23(29)32-20)12-21(27)24-7-3-4-8-24/h5-6,9-11H,3-4,7-8,12-13H2,1-2H3. The number of fused-ring (bicyclic) bond motifs is 1. The van der Waals surface area contributed by atoms with Crippen LogP contribution < -0.4 is 9.47 Å². The van der Waals surface area contributed by atoms with Gasteiger partial charge in [0.25, 0.3) is 11.1 Å². The molecule has 3 aliphatic heterocycles. The van der Waals surface area contributed by atoms with Gasteiger partial charge in [0.15, 0.2) is 11.5 Å². The van der Waals surface area contributed by atoms with E-state index in [4.69, 9.17) is 9.47 Å². The Kier molecular flexibility index (Phi) is 5.21. The van der Waals surface area contributed by atoms with Gasteiger partial charge in [0.05, 0.1) is 4.91 Å². The molecule has 0 radical (unpaired) electrons. The molecule has 2 saturated heterocycles. The third-order valence-corrected chi connectivity index (χ3v) is 6.90. The number of thioether (sulfide) groups is 1. The topological polar surface area (TPSA) is 81.1 Å². The molecule has 2 aromatic rings. The number of hydrogen-bond acceptors (Lipinski definition) is 6. The first-order valence-corrected chi connectivity index (χ1v) is 11.4. The SMILES string of the molecule is Cc1cc(C=C2SC(=O)N(CC(=O)N3CCCC3)C2=O)c(C)n1-c1ccc2c(c1)OCO2. The number of nitrogens with zero attached hydrogens (tertiary/aromatic N) is 3. The number of carbonyl (C=O) groups is 3. The van der Waals surface area contributed by atoms with Gasteiger partial charge in [-0.1, -0.05) is 0 Å². The van der Waals surface area contributed by atoms with Crippen LogP contribution in [0.5, 0.6) is 11.5 Å². The molecule has 2 fully saturated rings. The van der Waals surface area contributed by atoms with Gasteiger partial charge in [-0.05, 0) is 68.3 Å². The summed E-state index contributed by atoms with van der Waals surface area (Å²) < 4.78 is 12.9. The van der Waals surface area contributed by atoms with Gasteiger partial charge in [0.2, 0.25) is 12.7 Å². The lowest BCUT2D eigenvalue weighted by Crippen LogP contribution is -2.40. The van der Waals surface area contributed by atoms with Crippen LogP contribution in [0, 0.1) is 13.8 Å². The first-order chi connectivity index (χ1) is 15.4. The van der Waals surface area contributed by atoms with E-state index >= 15 is 0 Å². The van der Waals surface area contributed by atoms with Gasteiger partial charge in [-0.25, -0.2) is 0 Å². The highest BCUT2D eigenvalue weighted by molar-refractivity contribution is 8.18. The summed E-state index contributed by atoms with van der Waals surface area (Å²) in [4.78, 5) is 40.8. The van der Waals surface area contributed by atoms with Crippen molar-refractivity contribution in [3.8, 4) is 17.2 Å². The number of ether oxygens (including phenoxy) is 2. The van der Waals surface area contributed by atoms with E-state index in [9.17, 15) is 14.4 Å². The largest absolute Gasteiger partial charge is 0.454 e. The molecule has 32 heavy (non-hydrogen) atoms. The number of aryl methyl sites for hydroxylation is 1. The van der Waals surface area contributed by atoms with Crippen molar-refractivity contribution < 1.29 is 23.9 Å². The van der Waals surface area contributed by atoms with Crippen molar-refractivity contribution in [3.05, 3.63) is 46.1 Å². The molecule has 0 unspecified atom stereocenters. The van der Waals surface area contributed by atoms with E-state index in [0.717, 1.165) is 52.1 Å². The fourth-order valence-electron chi connectivity index (χ4n) is 4.33. The molecule has 0 saturated carbocycles. The van der Waals surface area contributed by atoms with Crippen molar-refractivity contribution in [3.63, 3.8) is 0 Å². The Morgan fingerprint density at radius 2 is 1.84 bits per heavy atom. The third-order valence-electron chi connectivity index (χ3n) is 6.00. The van der Waals surface area contributed by atoms with Crippen LogP contribution in [0.1, 0.15) is 29.8 Å². The van der Waals surface area contributed by atoms with Crippen molar-refractivity contribution in [2.24, 2.45) is 0 Å². The molecule has 0 aliphatic carbocycles. The maximum atomic E-state index is 12.9. The van der Waals surface area contributed by atoms with E-state index < -0.39 is 11.1 Å². The molecule has 4 heterocycles. The van der Waals surface area contributed by atoms with E-state index in [1.807, 2.05) is 38.1 Å². The maximum Gasteiger partial charge on any atom is 0.294 e. The van der Waals surface area contributed by atoms with Crippen LogP contribution in [0.25, 0.3) is 11.8 Å². The van der Waals surface area contributed by atoms with Crippen molar-refractivity contribution in [1.29, 1.82) is 0 Å². The molecule has 166 valence electrons. The van der Waals surface area contributed by atoms with Gasteiger partial charge < -0.3 is 18.9 Å². The summed E-state index contributed by atoms with van der Waals surface area (Å²) in [7, 11) is 0. The number of hydrogen-bond donors (Lipinski definition) is 0. The number of amides is 3. The van der Waals surface area contributed by atoms with Crippen molar-refractivity contribution in [2.45, 2.75) is 26.7 Å². The zero-order valence-corrected chi connectivity index (χ0v) is 18.7. The van der Waals surface area contributed by atoms with Crippen LogP contribution in [-0.4, -0.2) is 57.8 Å². The fourth-order valence-corrected chi connectivity index (χ4v) is 5.16. The average Bonchev–Trinajstić information content (AvgIpc) is 3.54. The lowest BCUT2D eigenvalue weighted by Gasteiger charge is -2.18. The molecule has 0 atom stereocenters. The molecule has 0 bridgehead atoms. The van der Waals surface area contributed by atoms with Crippen LogP contribution in [0.15, 0.2) is 29.2 Å². The monoisotopic (exact) mass is 453 g/mol.